The molecule has 4 rings (SSSR count). The van der Waals surface area contributed by atoms with Crippen molar-refractivity contribution in [3.63, 3.8) is 0 Å². The summed E-state index contributed by atoms with van der Waals surface area (Å²) in [6, 6.07) is 8.94. The van der Waals surface area contributed by atoms with Gasteiger partial charge in [0, 0.05) is 23.1 Å². The van der Waals surface area contributed by atoms with Crippen LogP contribution in [0.25, 0.3) is 5.69 Å². The molecule has 0 spiro atoms. The van der Waals surface area contributed by atoms with E-state index >= 15 is 0 Å². The summed E-state index contributed by atoms with van der Waals surface area (Å²) >= 11 is 0. The van der Waals surface area contributed by atoms with Crippen molar-refractivity contribution in [2.75, 3.05) is 0 Å². The number of benzene rings is 1. The predicted molar refractivity (Wildman–Crippen MR) is 75.7 cm³/mol. The molecule has 0 aliphatic heterocycles. The van der Waals surface area contributed by atoms with Crippen molar-refractivity contribution in [2.45, 2.75) is 44.6 Å². The molecule has 1 aromatic heterocycles. The average molecular weight is 253 g/mol. The molecule has 0 fully saturated rings. The van der Waals surface area contributed by atoms with Crippen LogP contribution in [0.2, 0.25) is 0 Å². The molecule has 19 heavy (non-hydrogen) atoms. The van der Waals surface area contributed by atoms with Gasteiger partial charge in [-0.3, -0.25) is 0 Å². The lowest BCUT2D eigenvalue weighted by Gasteiger charge is -2.20. The third-order valence-corrected chi connectivity index (χ3v) is 4.64. The monoisotopic (exact) mass is 253 g/mol. The lowest BCUT2D eigenvalue weighted by atomic mass is 9.95. The lowest BCUT2D eigenvalue weighted by molar-refractivity contribution is 0.156. The first-order valence-corrected chi connectivity index (χ1v) is 7.33. The Bertz CT molecular complexity index is 626. The molecule has 0 saturated heterocycles. The number of aryl methyl sites for hydroxylation is 2. The van der Waals surface area contributed by atoms with Crippen LogP contribution in [-0.4, -0.2) is 9.67 Å². The number of hydrogen-bond acceptors (Lipinski definition) is 1. The predicted octanol–water partition coefficient (Wildman–Crippen LogP) is 3.34. The molecule has 98 valence electrons. The minimum atomic E-state index is -0.264. The molecule has 0 radical (unpaired) electrons. The van der Waals surface area contributed by atoms with E-state index in [0.717, 1.165) is 24.8 Å². The maximum Gasteiger partial charge on any atom is 0.0807 e. The van der Waals surface area contributed by atoms with Crippen LogP contribution in [0.15, 0.2) is 30.5 Å². The summed E-state index contributed by atoms with van der Waals surface area (Å²) in [6.45, 7) is 0. The normalized spacial score (nSPS) is 21.2. The molecule has 1 heterocycles. The fourth-order valence-corrected chi connectivity index (χ4v) is 3.62. The van der Waals surface area contributed by atoms with Crippen molar-refractivity contribution in [3.8, 4) is 5.69 Å². The summed E-state index contributed by atoms with van der Waals surface area (Å²) in [4.78, 5) is 0. The van der Waals surface area contributed by atoms with Crippen molar-refractivity contribution in [3.05, 3.63) is 52.8 Å². The number of aromatic nitrogens is 1. The minimum Gasteiger partial charge on any atom is -0.388 e. The Balaban J connectivity index is 1.81. The molecule has 1 aromatic carbocycles. The Hall–Kier alpha value is -1.54. The van der Waals surface area contributed by atoms with Crippen LogP contribution < -0.4 is 0 Å². The summed E-state index contributed by atoms with van der Waals surface area (Å²) in [6.07, 6.45) is 8.67. The van der Waals surface area contributed by atoms with Gasteiger partial charge < -0.3 is 9.67 Å². The topological polar surface area (TPSA) is 25.2 Å². The van der Waals surface area contributed by atoms with Crippen LogP contribution in [0.1, 0.15) is 47.8 Å². The lowest BCUT2D eigenvalue weighted by Crippen LogP contribution is -2.11. The van der Waals surface area contributed by atoms with Crippen LogP contribution in [0, 0.1) is 0 Å². The van der Waals surface area contributed by atoms with Gasteiger partial charge in [-0.15, -0.1) is 0 Å². The number of aliphatic hydroxyl groups is 1. The summed E-state index contributed by atoms with van der Waals surface area (Å²) in [5, 5.41) is 10.1. The molecule has 2 heteroatoms. The zero-order chi connectivity index (χ0) is 12.8. The SMILES string of the molecule is OC1CCCc2c1ccn2-c1ccc2c(c1)CCC2. The fraction of sp³-hybridized carbons (Fsp3) is 0.412. The van der Waals surface area contributed by atoms with Gasteiger partial charge in [0.2, 0.25) is 0 Å². The van der Waals surface area contributed by atoms with Crippen molar-refractivity contribution < 1.29 is 5.11 Å². The number of aliphatic hydroxyl groups excluding tert-OH is 1. The van der Waals surface area contributed by atoms with Crippen LogP contribution in [0.5, 0.6) is 0 Å². The number of fused-ring (bicyclic) bond motifs is 2. The second-order valence-electron chi connectivity index (χ2n) is 5.80. The van der Waals surface area contributed by atoms with Crippen LogP contribution in [0.4, 0.5) is 0 Å². The molecule has 0 saturated carbocycles. The fourth-order valence-electron chi connectivity index (χ4n) is 3.62. The molecule has 1 unspecified atom stereocenters. The first-order valence-electron chi connectivity index (χ1n) is 7.33. The van der Waals surface area contributed by atoms with Gasteiger partial charge in [0.05, 0.1) is 6.10 Å². The van der Waals surface area contributed by atoms with E-state index in [-0.39, 0.29) is 6.10 Å². The van der Waals surface area contributed by atoms with E-state index in [4.69, 9.17) is 0 Å². The number of hydrogen-bond donors (Lipinski definition) is 1. The maximum absolute atomic E-state index is 10.1. The molecular weight excluding hydrogens is 234 g/mol. The molecule has 1 N–H and O–H groups in total. The first-order chi connectivity index (χ1) is 9.33. The van der Waals surface area contributed by atoms with Gasteiger partial charge in [0.15, 0.2) is 0 Å². The first kappa shape index (κ1) is 11.3. The van der Waals surface area contributed by atoms with Gasteiger partial charge in [-0.2, -0.15) is 0 Å². The van der Waals surface area contributed by atoms with Gasteiger partial charge in [-0.1, -0.05) is 6.07 Å². The van der Waals surface area contributed by atoms with E-state index in [1.165, 1.54) is 41.8 Å². The highest BCUT2D eigenvalue weighted by atomic mass is 16.3. The molecular formula is C17H19NO. The average Bonchev–Trinajstić information content (AvgIpc) is 3.04. The highest BCUT2D eigenvalue weighted by Crippen LogP contribution is 2.33. The molecule has 0 bridgehead atoms. The Morgan fingerprint density at radius 1 is 1.00 bits per heavy atom. The van der Waals surface area contributed by atoms with Crippen molar-refractivity contribution >= 4 is 0 Å². The van der Waals surface area contributed by atoms with Crippen molar-refractivity contribution in [1.29, 1.82) is 0 Å². The Kier molecular flexibility index (Phi) is 2.52. The Morgan fingerprint density at radius 2 is 1.89 bits per heavy atom. The summed E-state index contributed by atoms with van der Waals surface area (Å²) in [5.74, 6) is 0. The molecule has 0 amide bonds. The highest BCUT2D eigenvalue weighted by molar-refractivity contribution is 5.46. The number of rotatable bonds is 1. The van der Waals surface area contributed by atoms with E-state index in [9.17, 15) is 5.11 Å². The zero-order valence-electron chi connectivity index (χ0n) is 11.1. The van der Waals surface area contributed by atoms with Gasteiger partial charge >= 0.3 is 0 Å². The van der Waals surface area contributed by atoms with Gasteiger partial charge in [-0.25, -0.2) is 0 Å². The maximum atomic E-state index is 10.1. The van der Waals surface area contributed by atoms with Gasteiger partial charge in [-0.05, 0) is 67.9 Å². The van der Waals surface area contributed by atoms with Crippen LogP contribution >= 0.6 is 0 Å². The third kappa shape index (κ3) is 1.74. The minimum absolute atomic E-state index is 0.264. The highest BCUT2D eigenvalue weighted by Gasteiger charge is 2.22. The summed E-state index contributed by atoms with van der Waals surface area (Å²) in [5.41, 5.74) is 6.72. The molecule has 2 aromatic rings. The largest absolute Gasteiger partial charge is 0.388 e. The Labute approximate surface area is 113 Å². The number of nitrogens with zero attached hydrogens (tertiary/aromatic N) is 1. The second kappa shape index (κ2) is 4.24. The van der Waals surface area contributed by atoms with Gasteiger partial charge in [0.25, 0.3) is 0 Å². The quantitative estimate of drug-likeness (QED) is 0.828. The van der Waals surface area contributed by atoms with Gasteiger partial charge in [0.1, 0.15) is 0 Å². The zero-order valence-corrected chi connectivity index (χ0v) is 11.1. The van der Waals surface area contributed by atoms with Crippen molar-refractivity contribution in [2.24, 2.45) is 0 Å². The van der Waals surface area contributed by atoms with E-state index in [2.05, 4.69) is 35.0 Å². The van der Waals surface area contributed by atoms with Crippen LogP contribution in [-0.2, 0) is 19.3 Å². The van der Waals surface area contributed by atoms with Crippen molar-refractivity contribution in [1.82, 2.24) is 4.57 Å². The summed E-state index contributed by atoms with van der Waals surface area (Å²) in [7, 11) is 0. The second-order valence-corrected chi connectivity index (χ2v) is 5.80. The smallest absolute Gasteiger partial charge is 0.0807 e. The third-order valence-electron chi connectivity index (χ3n) is 4.64. The molecule has 2 aliphatic rings. The summed E-state index contributed by atoms with van der Waals surface area (Å²) < 4.78 is 2.27. The van der Waals surface area contributed by atoms with E-state index in [1.54, 1.807) is 0 Å². The molecule has 1 atom stereocenters. The van der Waals surface area contributed by atoms with E-state index < -0.39 is 0 Å². The van der Waals surface area contributed by atoms with Crippen LogP contribution in [0.3, 0.4) is 0 Å². The molecule has 2 nitrogen and oxygen atoms in total. The Morgan fingerprint density at radius 3 is 2.84 bits per heavy atom. The van der Waals surface area contributed by atoms with E-state index in [1.807, 2.05) is 0 Å². The standard InChI is InChI=1S/C17H19NO/c19-17-6-2-5-16-15(17)9-10-18(16)14-8-7-12-3-1-4-13(12)11-14/h7-11,17,19H,1-6H2. The molecule has 2 aliphatic carbocycles. The van der Waals surface area contributed by atoms with E-state index in [0.29, 0.717) is 0 Å².